The fraction of sp³-hybridized carbons (Fsp3) is 0.240. The van der Waals surface area contributed by atoms with Crippen molar-refractivity contribution >= 4 is 22.7 Å². The van der Waals surface area contributed by atoms with Gasteiger partial charge < -0.3 is 24.5 Å². The van der Waals surface area contributed by atoms with Crippen LogP contribution in [0, 0.1) is 5.82 Å². The fourth-order valence-electron chi connectivity index (χ4n) is 3.53. The lowest BCUT2D eigenvalue weighted by Crippen LogP contribution is -2.14. The van der Waals surface area contributed by atoms with Crippen molar-refractivity contribution in [3.8, 4) is 22.9 Å². The first-order chi connectivity index (χ1) is 16.5. The van der Waals surface area contributed by atoms with Crippen LogP contribution in [0.4, 0.5) is 10.2 Å². The number of methoxy groups -OCH3 is 1. The average molecular weight is 464 g/mol. The standard InChI is InChI=1S/C25H25FN4O4/c1-16(25(31)32)30-12-10-18-14-20(8-9-22(18)30)34-13-3-11-27-24-21(26)15-28-23(29-24)17-4-6-19(33-2)7-5-17/h4-10,12,14-16H,3,11,13H2,1-2H3,(H,31,32)(H,27,28,29). The summed E-state index contributed by atoms with van der Waals surface area (Å²) >= 11 is 0. The van der Waals surface area contributed by atoms with E-state index in [1.54, 1.807) is 36.9 Å². The van der Waals surface area contributed by atoms with Crippen LogP contribution < -0.4 is 14.8 Å². The minimum Gasteiger partial charge on any atom is -0.497 e. The summed E-state index contributed by atoms with van der Waals surface area (Å²) in [7, 11) is 1.59. The summed E-state index contributed by atoms with van der Waals surface area (Å²) in [4.78, 5) is 19.6. The highest BCUT2D eigenvalue weighted by atomic mass is 19.1. The van der Waals surface area contributed by atoms with Crippen LogP contribution in [-0.4, -0.2) is 45.9 Å². The molecule has 0 radical (unpaired) electrons. The number of hydrogen-bond acceptors (Lipinski definition) is 6. The first kappa shape index (κ1) is 23.0. The van der Waals surface area contributed by atoms with Crippen molar-refractivity contribution in [2.24, 2.45) is 0 Å². The number of anilines is 1. The molecule has 0 aliphatic rings. The molecular weight excluding hydrogens is 439 g/mol. The van der Waals surface area contributed by atoms with E-state index < -0.39 is 17.8 Å². The third-order valence-electron chi connectivity index (χ3n) is 5.44. The van der Waals surface area contributed by atoms with Crippen LogP contribution in [0.3, 0.4) is 0 Å². The van der Waals surface area contributed by atoms with E-state index in [4.69, 9.17) is 9.47 Å². The van der Waals surface area contributed by atoms with E-state index in [2.05, 4.69) is 15.3 Å². The number of halogens is 1. The Morgan fingerprint density at radius 1 is 1.18 bits per heavy atom. The molecule has 2 aromatic heterocycles. The first-order valence-electron chi connectivity index (χ1n) is 10.8. The number of hydrogen-bond donors (Lipinski definition) is 2. The maximum atomic E-state index is 14.2. The number of nitrogens with one attached hydrogen (secondary N) is 1. The minimum atomic E-state index is -0.887. The predicted octanol–water partition coefficient (Wildman–Crippen LogP) is 4.77. The molecule has 9 heteroatoms. The number of aliphatic carboxylic acids is 1. The van der Waals surface area contributed by atoms with Crippen molar-refractivity contribution in [1.82, 2.24) is 14.5 Å². The Morgan fingerprint density at radius 3 is 2.68 bits per heavy atom. The van der Waals surface area contributed by atoms with Gasteiger partial charge in [-0.1, -0.05) is 0 Å². The molecular formula is C25H25FN4O4. The van der Waals surface area contributed by atoms with Crippen LogP contribution in [-0.2, 0) is 4.79 Å². The van der Waals surface area contributed by atoms with E-state index >= 15 is 0 Å². The summed E-state index contributed by atoms with van der Waals surface area (Å²) in [5.74, 6) is 0.542. The second kappa shape index (κ2) is 10.2. The zero-order chi connectivity index (χ0) is 24.1. The highest BCUT2D eigenvalue weighted by Gasteiger charge is 2.15. The predicted molar refractivity (Wildman–Crippen MR) is 127 cm³/mol. The van der Waals surface area contributed by atoms with E-state index in [1.165, 1.54) is 0 Å². The Bertz CT molecular complexity index is 1290. The van der Waals surface area contributed by atoms with Crippen LogP contribution >= 0.6 is 0 Å². The molecule has 0 aliphatic carbocycles. The molecule has 0 amide bonds. The van der Waals surface area contributed by atoms with Gasteiger partial charge in [-0.05, 0) is 61.9 Å². The van der Waals surface area contributed by atoms with E-state index in [-0.39, 0.29) is 5.82 Å². The lowest BCUT2D eigenvalue weighted by atomic mass is 10.2. The molecule has 8 nitrogen and oxygen atoms in total. The van der Waals surface area contributed by atoms with Crippen molar-refractivity contribution in [2.45, 2.75) is 19.4 Å². The topological polar surface area (TPSA) is 98.5 Å². The van der Waals surface area contributed by atoms with E-state index in [0.29, 0.717) is 31.1 Å². The molecule has 0 aliphatic heterocycles. The molecule has 4 aromatic rings. The quantitative estimate of drug-likeness (QED) is 0.326. The molecule has 4 rings (SSSR count). The zero-order valence-electron chi connectivity index (χ0n) is 18.9. The molecule has 0 saturated heterocycles. The molecule has 0 saturated carbocycles. The van der Waals surface area contributed by atoms with Crippen molar-refractivity contribution in [3.63, 3.8) is 0 Å². The van der Waals surface area contributed by atoms with Crippen molar-refractivity contribution in [3.05, 3.63) is 66.7 Å². The number of rotatable bonds is 10. The van der Waals surface area contributed by atoms with Gasteiger partial charge in [0.25, 0.3) is 0 Å². The number of carbonyl (C=O) groups is 1. The minimum absolute atomic E-state index is 0.135. The summed E-state index contributed by atoms with van der Waals surface area (Å²) < 4.78 is 26.8. The number of benzene rings is 2. The van der Waals surface area contributed by atoms with Gasteiger partial charge in [-0.2, -0.15) is 0 Å². The third kappa shape index (κ3) is 5.09. The average Bonchev–Trinajstić information content (AvgIpc) is 3.27. The largest absolute Gasteiger partial charge is 0.497 e. The second-order valence-electron chi connectivity index (χ2n) is 7.71. The van der Waals surface area contributed by atoms with Gasteiger partial charge in [-0.3, -0.25) is 0 Å². The summed E-state index contributed by atoms with van der Waals surface area (Å²) in [6, 6.07) is 14.0. The molecule has 2 heterocycles. The number of ether oxygens (including phenoxy) is 2. The van der Waals surface area contributed by atoms with E-state index in [0.717, 1.165) is 28.4 Å². The molecule has 176 valence electrons. The lowest BCUT2D eigenvalue weighted by molar-refractivity contribution is -0.140. The van der Waals surface area contributed by atoms with Crippen LogP contribution in [0.1, 0.15) is 19.4 Å². The monoisotopic (exact) mass is 464 g/mol. The Balaban J connectivity index is 1.31. The summed E-state index contributed by atoms with van der Waals surface area (Å²) in [5, 5.41) is 13.1. The molecule has 0 fully saturated rings. The molecule has 2 aromatic carbocycles. The summed E-state index contributed by atoms with van der Waals surface area (Å²) in [5.41, 5.74) is 1.59. The van der Waals surface area contributed by atoms with Gasteiger partial charge in [0, 0.05) is 29.2 Å². The van der Waals surface area contributed by atoms with Gasteiger partial charge in [-0.15, -0.1) is 0 Å². The maximum absolute atomic E-state index is 14.2. The Labute approximate surface area is 196 Å². The van der Waals surface area contributed by atoms with Gasteiger partial charge in [0.2, 0.25) is 0 Å². The first-order valence-corrected chi connectivity index (χ1v) is 10.8. The Kier molecular flexibility index (Phi) is 6.91. The fourth-order valence-corrected chi connectivity index (χ4v) is 3.53. The summed E-state index contributed by atoms with van der Waals surface area (Å²) in [6.45, 7) is 2.52. The summed E-state index contributed by atoms with van der Waals surface area (Å²) in [6.07, 6.45) is 3.53. The Hall–Kier alpha value is -4.14. The van der Waals surface area contributed by atoms with E-state index in [9.17, 15) is 14.3 Å². The number of aromatic nitrogens is 3. The normalized spacial score (nSPS) is 11.9. The van der Waals surface area contributed by atoms with Crippen molar-refractivity contribution in [2.75, 3.05) is 25.6 Å². The van der Waals surface area contributed by atoms with Gasteiger partial charge >= 0.3 is 5.97 Å². The van der Waals surface area contributed by atoms with Crippen LogP contribution in [0.5, 0.6) is 11.5 Å². The van der Waals surface area contributed by atoms with Crippen molar-refractivity contribution < 1.29 is 23.8 Å². The molecule has 34 heavy (non-hydrogen) atoms. The van der Waals surface area contributed by atoms with E-state index in [1.807, 2.05) is 36.4 Å². The lowest BCUT2D eigenvalue weighted by Gasteiger charge is -2.11. The highest BCUT2D eigenvalue weighted by Crippen LogP contribution is 2.25. The SMILES string of the molecule is COc1ccc(-c2ncc(F)c(NCCCOc3ccc4c(ccn4C(C)C(=O)O)c3)n2)cc1. The van der Waals surface area contributed by atoms with Gasteiger partial charge in [0.05, 0.1) is 19.9 Å². The molecule has 0 spiro atoms. The zero-order valence-corrected chi connectivity index (χ0v) is 18.9. The molecule has 1 atom stereocenters. The van der Waals surface area contributed by atoms with Gasteiger partial charge in [0.15, 0.2) is 17.5 Å². The third-order valence-corrected chi connectivity index (χ3v) is 5.44. The number of nitrogens with zero attached hydrogens (tertiary/aromatic N) is 3. The smallest absolute Gasteiger partial charge is 0.326 e. The number of carboxylic acids is 1. The molecule has 1 unspecified atom stereocenters. The van der Waals surface area contributed by atoms with Crippen molar-refractivity contribution in [1.29, 1.82) is 0 Å². The van der Waals surface area contributed by atoms with Crippen LogP contribution in [0.15, 0.2) is 60.9 Å². The van der Waals surface area contributed by atoms with Crippen LogP contribution in [0.25, 0.3) is 22.3 Å². The second-order valence-corrected chi connectivity index (χ2v) is 7.71. The van der Waals surface area contributed by atoms with Crippen LogP contribution in [0.2, 0.25) is 0 Å². The highest BCUT2D eigenvalue weighted by molar-refractivity contribution is 5.84. The van der Waals surface area contributed by atoms with Gasteiger partial charge in [0.1, 0.15) is 17.5 Å². The van der Waals surface area contributed by atoms with Gasteiger partial charge in [-0.25, -0.2) is 19.2 Å². The maximum Gasteiger partial charge on any atom is 0.326 e. The number of carboxylic acid groups (broad SMARTS) is 1. The molecule has 0 bridgehead atoms. The molecule has 2 N–H and O–H groups in total. The Morgan fingerprint density at radius 2 is 1.94 bits per heavy atom. The number of fused-ring (bicyclic) bond motifs is 1.